The van der Waals surface area contributed by atoms with E-state index in [0.29, 0.717) is 17.7 Å². The van der Waals surface area contributed by atoms with E-state index in [9.17, 15) is 0 Å². The number of rotatable bonds is 3. The van der Waals surface area contributed by atoms with Crippen molar-refractivity contribution in [2.75, 3.05) is 4.90 Å². The van der Waals surface area contributed by atoms with Crippen molar-refractivity contribution >= 4 is 17.6 Å². The maximum Gasteiger partial charge on any atom is 0.248 e. The maximum absolute atomic E-state index is 6.35. The fourth-order valence-corrected chi connectivity index (χ4v) is 4.43. The van der Waals surface area contributed by atoms with E-state index in [2.05, 4.69) is 15.2 Å². The third kappa shape index (κ3) is 3.54. The summed E-state index contributed by atoms with van der Waals surface area (Å²) >= 11 is 0. The Labute approximate surface area is 180 Å². The molecule has 0 unspecified atom stereocenters. The van der Waals surface area contributed by atoms with Crippen molar-refractivity contribution in [3.05, 3.63) is 54.1 Å². The van der Waals surface area contributed by atoms with Crippen molar-refractivity contribution in [1.29, 1.82) is 0 Å². The van der Waals surface area contributed by atoms with E-state index < -0.39 is 5.66 Å². The van der Waals surface area contributed by atoms with Gasteiger partial charge in [0.05, 0.1) is 0 Å². The van der Waals surface area contributed by atoms with Gasteiger partial charge in [0.2, 0.25) is 23.7 Å². The number of aliphatic imine (C=N–C) groups is 2. The van der Waals surface area contributed by atoms with Gasteiger partial charge < -0.3 is 15.9 Å². The quantitative estimate of drug-likeness (QED) is 0.671. The van der Waals surface area contributed by atoms with Crippen LogP contribution in [-0.4, -0.2) is 27.8 Å². The summed E-state index contributed by atoms with van der Waals surface area (Å²) in [5.74, 6) is 1.54. The second-order valence-corrected chi connectivity index (χ2v) is 8.15. The van der Waals surface area contributed by atoms with Gasteiger partial charge in [-0.2, -0.15) is 4.99 Å². The average molecular weight is 416 g/mol. The molecule has 1 fully saturated rings. The van der Waals surface area contributed by atoms with Crippen LogP contribution in [-0.2, 0) is 0 Å². The zero-order valence-electron chi connectivity index (χ0n) is 17.5. The normalized spacial score (nSPS) is 18.0. The molecule has 3 aromatic rings. The Morgan fingerprint density at radius 2 is 1.61 bits per heavy atom. The van der Waals surface area contributed by atoms with Gasteiger partial charge in [-0.3, -0.25) is 4.90 Å². The molecule has 1 aliphatic heterocycles. The summed E-state index contributed by atoms with van der Waals surface area (Å²) in [6.45, 7) is 2.04. The molecule has 5 rings (SSSR count). The predicted octanol–water partition coefficient (Wildman–Crippen LogP) is 3.82. The molecule has 1 aliphatic carbocycles. The maximum atomic E-state index is 6.35. The third-order valence-electron chi connectivity index (χ3n) is 5.93. The second kappa shape index (κ2) is 7.54. The van der Waals surface area contributed by atoms with Crippen molar-refractivity contribution in [2.45, 2.75) is 44.7 Å². The van der Waals surface area contributed by atoms with Crippen molar-refractivity contribution in [1.82, 2.24) is 10.2 Å². The minimum Gasteiger partial charge on any atom is -0.416 e. The van der Waals surface area contributed by atoms with E-state index in [4.69, 9.17) is 20.9 Å². The first-order valence-corrected chi connectivity index (χ1v) is 10.5. The molecule has 8 nitrogen and oxygen atoms in total. The van der Waals surface area contributed by atoms with E-state index in [1.54, 1.807) is 0 Å². The molecule has 158 valence electrons. The topological polar surface area (TPSA) is 119 Å². The minimum absolute atomic E-state index is 0.242. The first-order chi connectivity index (χ1) is 15.0. The third-order valence-corrected chi connectivity index (χ3v) is 5.93. The van der Waals surface area contributed by atoms with E-state index in [0.717, 1.165) is 42.5 Å². The molecular weight excluding hydrogens is 390 g/mol. The standard InChI is InChI=1S/C23H25N7O/c1-15-8-10-16(11-9-15)19-28-29-20(31-19)17-6-5-7-18(14-17)30-22(25)26-21(24)27-23(30)12-3-2-4-13-23/h5-11,14H,2-4,12-13H2,1H3,(H4,24,25,26,27). The molecule has 0 amide bonds. The van der Waals surface area contributed by atoms with E-state index in [-0.39, 0.29) is 5.96 Å². The molecular formula is C23H25N7O. The summed E-state index contributed by atoms with van der Waals surface area (Å²) in [7, 11) is 0. The summed E-state index contributed by atoms with van der Waals surface area (Å²) in [5, 5.41) is 8.49. The number of guanidine groups is 2. The summed E-state index contributed by atoms with van der Waals surface area (Å²) in [6, 6.07) is 15.9. The fourth-order valence-electron chi connectivity index (χ4n) is 4.43. The van der Waals surface area contributed by atoms with Gasteiger partial charge in [-0.1, -0.05) is 30.2 Å². The highest BCUT2D eigenvalue weighted by Gasteiger charge is 2.42. The van der Waals surface area contributed by atoms with Gasteiger partial charge in [-0.25, -0.2) is 4.99 Å². The molecule has 8 heteroatoms. The number of anilines is 1. The van der Waals surface area contributed by atoms with Crippen LogP contribution >= 0.6 is 0 Å². The van der Waals surface area contributed by atoms with Gasteiger partial charge in [-0.15, -0.1) is 10.2 Å². The molecule has 0 atom stereocenters. The van der Waals surface area contributed by atoms with E-state index >= 15 is 0 Å². The van der Waals surface area contributed by atoms with Crippen LogP contribution in [0.4, 0.5) is 5.69 Å². The number of aromatic nitrogens is 2. The molecule has 2 aromatic carbocycles. The van der Waals surface area contributed by atoms with Crippen LogP contribution in [0.15, 0.2) is 62.9 Å². The van der Waals surface area contributed by atoms with E-state index in [1.165, 1.54) is 12.0 Å². The molecule has 0 radical (unpaired) electrons. The molecule has 0 bridgehead atoms. The Morgan fingerprint density at radius 3 is 2.35 bits per heavy atom. The molecule has 0 saturated heterocycles. The zero-order valence-corrected chi connectivity index (χ0v) is 17.5. The highest BCUT2D eigenvalue weighted by molar-refractivity contribution is 6.05. The summed E-state index contributed by atoms with van der Waals surface area (Å²) in [5.41, 5.74) is 15.6. The van der Waals surface area contributed by atoms with Gasteiger partial charge >= 0.3 is 0 Å². The van der Waals surface area contributed by atoms with Gasteiger partial charge in [0, 0.05) is 16.8 Å². The lowest BCUT2D eigenvalue weighted by Crippen LogP contribution is -2.58. The molecule has 4 N–H and O–H groups in total. The minimum atomic E-state index is -0.491. The second-order valence-electron chi connectivity index (χ2n) is 8.15. The van der Waals surface area contributed by atoms with Gasteiger partial charge in [0.1, 0.15) is 5.66 Å². The van der Waals surface area contributed by atoms with Crippen molar-refractivity contribution in [3.63, 3.8) is 0 Å². The van der Waals surface area contributed by atoms with Crippen molar-refractivity contribution < 1.29 is 4.42 Å². The molecule has 1 aromatic heterocycles. The number of benzene rings is 2. The number of nitrogens with zero attached hydrogens (tertiary/aromatic N) is 5. The number of hydrogen-bond donors (Lipinski definition) is 2. The molecule has 1 spiro atoms. The van der Waals surface area contributed by atoms with Crippen molar-refractivity contribution in [2.24, 2.45) is 21.5 Å². The molecule has 2 heterocycles. The van der Waals surface area contributed by atoms with Crippen LogP contribution in [0.5, 0.6) is 0 Å². The Hall–Kier alpha value is -3.68. The Kier molecular flexibility index (Phi) is 4.69. The molecule has 31 heavy (non-hydrogen) atoms. The SMILES string of the molecule is Cc1ccc(-c2nnc(-c3cccc(N4C(N)=NC(N)=NC45CCCCC5)c3)o2)cc1. The highest BCUT2D eigenvalue weighted by Crippen LogP contribution is 2.40. The molecule has 1 saturated carbocycles. The monoisotopic (exact) mass is 415 g/mol. The lowest BCUT2D eigenvalue weighted by molar-refractivity contribution is 0.305. The lowest BCUT2D eigenvalue weighted by Gasteiger charge is -2.45. The first-order valence-electron chi connectivity index (χ1n) is 10.5. The Bertz CT molecular complexity index is 1160. The predicted molar refractivity (Wildman–Crippen MR) is 121 cm³/mol. The smallest absolute Gasteiger partial charge is 0.248 e. The zero-order chi connectivity index (χ0) is 21.4. The van der Waals surface area contributed by atoms with Gasteiger partial charge in [0.25, 0.3) is 0 Å². The summed E-state index contributed by atoms with van der Waals surface area (Å²) in [6.07, 6.45) is 5.10. The fraction of sp³-hybridized carbons (Fsp3) is 0.304. The molecule has 2 aliphatic rings. The van der Waals surface area contributed by atoms with Crippen molar-refractivity contribution in [3.8, 4) is 22.9 Å². The average Bonchev–Trinajstić information content (AvgIpc) is 3.25. The van der Waals surface area contributed by atoms with Crippen LogP contribution in [0, 0.1) is 6.92 Å². The lowest BCUT2D eigenvalue weighted by atomic mass is 9.87. The number of aryl methyl sites for hydroxylation is 1. The number of nitrogens with two attached hydrogens (primary N) is 2. The van der Waals surface area contributed by atoms with E-state index in [1.807, 2.05) is 60.4 Å². The first kappa shape index (κ1) is 19.3. The van der Waals surface area contributed by atoms with Crippen LogP contribution in [0.25, 0.3) is 22.9 Å². The van der Waals surface area contributed by atoms with Crippen LogP contribution in [0.3, 0.4) is 0 Å². The van der Waals surface area contributed by atoms with Gasteiger partial charge in [-0.05, 0) is 62.9 Å². The van der Waals surface area contributed by atoms with Crippen LogP contribution in [0.1, 0.15) is 37.7 Å². The Morgan fingerprint density at radius 1 is 0.903 bits per heavy atom. The van der Waals surface area contributed by atoms with Gasteiger partial charge in [0.15, 0.2) is 0 Å². The Balaban J connectivity index is 1.50. The number of hydrogen-bond acceptors (Lipinski definition) is 8. The van der Waals surface area contributed by atoms with Crippen LogP contribution < -0.4 is 16.4 Å². The van der Waals surface area contributed by atoms with Crippen LogP contribution in [0.2, 0.25) is 0 Å². The largest absolute Gasteiger partial charge is 0.416 e. The summed E-state index contributed by atoms with van der Waals surface area (Å²) in [4.78, 5) is 11.0. The summed E-state index contributed by atoms with van der Waals surface area (Å²) < 4.78 is 5.97. The highest BCUT2D eigenvalue weighted by atomic mass is 16.4.